The molecular weight excluding hydrogens is 246 g/mol. The second kappa shape index (κ2) is 4.43. The Morgan fingerprint density at radius 1 is 1.42 bits per heavy atom. The lowest BCUT2D eigenvalue weighted by atomic mass is 10.2. The van der Waals surface area contributed by atoms with Gasteiger partial charge in [0.15, 0.2) is 0 Å². The van der Waals surface area contributed by atoms with Crippen LogP contribution in [0.1, 0.15) is 6.42 Å². The van der Waals surface area contributed by atoms with Gasteiger partial charge in [0.1, 0.15) is 5.82 Å². The van der Waals surface area contributed by atoms with Crippen molar-refractivity contribution < 1.29 is 4.92 Å². The van der Waals surface area contributed by atoms with Gasteiger partial charge in [-0.3, -0.25) is 15.1 Å². The average molecular weight is 259 g/mol. The van der Waals surface area contributed by atoms with E-state index in [0.29, 0.717) is 11.0 Å². The van der Waals surface area contributed by atoms with Gasteiger partial charge >= 0.3 is 0 Å². The van der Waals surface area contributed by atoms with Crippen molar-refractivity contribution in [1.82, 2.24) is 9.97 Å². The monoisotopic (exact) mass is 259 g/mol. The third kappa shape index (κ3) is 2.19. The molecule has 1 aromatic heterocycles. The Balaban J connectivity index is 1.97. The number of hydrogen-bond donors (Lipinski definition) is 1. The molecule has 1 aliphatic rings. The minimum absolute atomic E-state index is 0.0257. The maximum absolute atomic E-state index is 10.7. The molecule has 0 bridgehead atoms. The average Bonchev–Trinajstić information content (AvgIpc) is 2.84. The quantitative estimate of drug-likeness (QED) is 0.640. The predicted molar refractivity (Wildman–Crippen MR) is 71.0 cm³/mol. The van der Waals surface area contributed by atoms with E-state index in [1.54, 1.807) is 12.3 Å². The van der Waals surface area contributed by atoms with E-state index in [1.165, 1.54) is 12.1 Å². The Morgan fingerprint density at radius 3 is 2.95 bits per heavy atom. The molecule has 2 N–H and O–H groups in total. The highest BCUT2D eigenvalue weighted by Crippen LogP contribution is 2.22. The van der Waals surface area contributed by atoms with Crippen LogP contribution >= 0.6 is 0 Å². The van der Waals surface area contributed by atoms with Gasteiger partial charge in [-0.25, -0.2) is 4.98 Å². The molecule has 19 heavy (non-hydrogen) atoms. The molecule has 7 heteroatoms. The van der Waals surface area contributed by atoms with E-state index in [4.69, 9.17) is 5.73 Å². The van der Waals surface area contributed by atoms with Gasteiger partial charge in [0.25, 0.3) is 5.69 Å². The molecule has 1 fully saturated rings. The topological polar surface area (TPSA) is 98.2 Å². The number of anilines is 1. The molecule has 0 saturated carbocycles. The van der Waals surface area contributed by atoms with Crippen LogP contribution in [-0.2, 0) is 0 Å². The standard InChI is InChI=1S/C12H13N5O2/c13-8-3-4-16(7-8)12-6-14-11-5-9(17(18)19)1-2-10(11)15-12/h1-2,5-6,8H,3-4,7,13H2/t8-/m0/s1. The van der Waals surface area contributed by atoms with Crippen molar-refractivity contribution in [3.63, 3.8) is 0 Å². The van der Waals surface area contributed by atoms with E-state index in [1.807, 2.05) is 0 Å². The summed E-state index contributed by atoms with van der Waals surface area (Å²) in [4.78, 5) is 21.1. The number of nitro groups is 1. The zero-order valence-electron chi connectivity index (χ0n) is 10.2. The van der Waals surface area contributed by atoms with Gasteiger partial charge in [0.05, 0.1) is 22.2 Å². The van der Waals surface area contributed by atoms with Gasteiger partial charge < -0.3 is 10.6 Å². The lowest BCUT2D eigenvalue weighted by molar-refractivity contribution is -0.384. The largest absolute Gasteiger partial charge is 0.354 e. The van der Waals surface area contributed by atoms with Crippen molar-refractivity contribution in [2.24, 2.45) is 5.73 Å². The fourth-order valence-electron chi connectivity index (χ4n) is 2.25. The van der Waals surface area contributed by atoms with E-state index < -0.39 is 4.92 Å². The Morgan fingerprint density at radius 2 is 2.26 bits per heavy atom. The van der Waals surface area contributed by atoms with Crippen LogP contribution in [-0.4, -0.2) is 34.0 Å². The van der Waals surface area contributed by atoms with E-state index >= 15 is 0 Å². The zero-order chi connectivity index (χ0) is 13.4. The molecule has 2 aromatic rings. The number of non-ortho nitro benzene ring substituents is 1. The molecule has 7 nitrogen and oxygen atoms in total. The normalized spacial score (nSPS) is 19.0. The van der Waals surface area contributed by atoms with Crippen LogP contribution in [0.5, 0.6) is 0 Å². The minimum Gasteiger partial charge on any atom is -0.354 e. The van der Waals surface area contributed by atoms with Crippen molar-refractivity contribution >= 4 is 22.5 Å². The van der Waals surface area contributed by atoms with Crippen LogP contribution in [0.25, 0.3) is 11.0 Å². The third-order valence-electron chi connectivity index (χ3n) is 3.27. The van der Waals surface area contributed by atoms with Gasteiger partial charge in [0.2, 0.25) is 0 Å². The second-order valence-electron chi connectivity index (χ2n) is 4.65. The molecule has 0 unspecified atom stereocenters. The molecule has 1 aliphatic heterocycles. The van der Waals surface area contributed by atoms with Crippen molar-refractivity contribution in [2.45, 2.75) is 12.5 Å². The van der Waals surface area contributed by atoms with Gasteiger partial charge in [0, 0.05) is 31.3 Å². The zero-order valence-corrected chi connectivity index (χ0v) is 10.2. The van der Waals surface area contributed by atoms with Crippen molar-refractivity contribution in [2.75, 3.05) is 18.0 Å². The fraction of sp³-hybridized carbons (Fsp3) is 0.333. The maximum Gasteiger partial charge on any atom is 0.271 e. The van der Waals surface area contributed by atoms with Gasteiger partial charge in [-0.2, -0.15) is 0 Å². The Bertz CT molecular complexity index is 645. The smallest absolute Gasteiger partial charge is 0.271 e. The summed E-state index contributed by atoms with van der Waals surface area (Å²) in [6.07, 6.45) is 2.59. The molecule has 1 atom stereocenters. The fourth-order valence-corrected chi connectivity index (χ4v) is 2.25. The number of rotatable bonds is 2. The van der Waals surface area contributed by atoms with Crippen molar-refractivity contribution in [1.29, 1.82) is 0 Å². The molecule has 0 amide bonds. The summed E-state index contributed by atoms with van der Waals surface area (Å²) in [5.41, 5.74) is 7.07. The van der Waals surface area contributed by atoms with Crippen molar-refractivity contribution in [3.05, 3.63) is 34.5 Å². The highest BCUT2D eigenvalue weighted by molar-refractivity contribution is 5.78. The molecule has 1 saturated heterocycles. The lowest BCUT2D eigenvalue weighted by Crippen LogP contribution is -2.26. The molecular formula is C12H13N5O2. The first-order valence-electron chi connectivity index (χ1n) is 6.05. The number of nitrogens with two attached hydrogens (primary N) is 1. The molecule has 0 radical (unpaired) electrons. The van der Waals surface area contributed by atoms with E-state index in [-0.39, 0.29) is 11.7 Å². The molecule has 0 aliphatic carbocycles. The lowest BCUT2D eigenvalue weighted by Gasteiger charge is -2.16. The Hall–Kier alpha value is -2.28. The van der Waals surface area contributed by atoms with Gasteiger partial charge in [-0.15, -0.1) is 0 Å². The molecule has 1 aromatic carbocycles. The first-order valence-corrected chi connectivity index (χ1v) is 6.05. The van der Waals surface area contributed by atoms with Crippen LogP contribution in [0.4, 0.5) is 11.5 Å². The number of nitro benzene ring substituents is 1. The minimum atomic E-state index is -0.436. The number of aromatic nitrogens is 2. The summed E-state index contributed by atoms with van der Waals surface area (Å²) in [7, 11) is 0. The van der Waals surface area contributed by atoms with Crippen molar-refractivity contribution in [3.8, 4) is 0 Å². The van der Waals surface area contributed by atoms with Gasteiger partial charge in [-0.1, -0.05) is 0 Å². The summed E-state index contributed by atoms with van der Waals surface area (Å²) in [6.45, 7) is 1.64. The van der Waals surface area contributed by atoms with E-state index in [0.717, 1.165) is 25.3 Å². The summed E-state index contributed by atoms with van der Waals surface area (Å²) in [5, 5.41) is 10.7. The second-order valence-corrected chi connectivity index (χ2v) is 4.65. The maximum atomic E-state index is 10.7. The molecule has 2 heterocycles. The highest BCUT2D eigenvalue weighted by atomic mass is 16.6. The summed E-state index contributed by atoms with van der Waals surface area (Å²) < 4.78 is 0. The van der Waals surface area contributed by atoms with E-state index in [2.05, 4.69) is 14.9 Å². The number of fused-ring (bicyclic) bond motifs is 1. The molecule has 0 spiro atoms. The number of hydrogen-bond acceptors (Lipinski definition) is 6. The molecule has 3 rings (SSSR count). The summed E-state index contributed by atoms with van der Waals surface area (Å²) in [5.74, 6) is 0.773. The Labute approximate surface area is 109 Å². The predicted octanol–water partition coefficient (Wildman–Crippen LogP) is 1.08. The first kappa shape index (κ1) is 11.8. The SMILES string of the molecule is N[C@H]1CCN(c2cnc3cc([N+](=O)[O-])ccc3n2)C1. The van der Waals surface area contributed by atoms with Crippen LogP contribution < -0.4 is 10.6 Å². The van der Waals surface area contributed by atoms with Crippen LogP contribution in [0.15, 0.2) is 24.4 Å². The van der Waals surface area contributed by atoms with E-state index in [9.17, 15) is 10.1 Å². The van der Waals surface area contributed by atoms with Crippen LogP contribution in [0, 0.1) is 10.1 Å². The molecule has 98 valence electrons. The summed E-state index contributed by atoms with van der Waals surface area (Å²) in [6, 6.07) is 4.67. The number of nitrogens with zero attached hydrogens (tertiary/aromatic N) is 4. The van der Waals surface area contributed by atoms with Crippen LogP contribution in [0.2, 0.25) is 0 Å². The third-order valence-corrected chi connectivity index (χ3v) is 3.27. The van der Waals surface area contributed by atoms with Gasteiger partial charge in [-0.05, 0) is 12.5 Å². The van der Waals surface area contributed by atoms with Crippen LogP contribution in [0.3, 0.4) is 0 Å². The number of benzene rings is 1. The highest BCUT2D eigenvalue weighted by Gasteiger charge is 2.20. The Kier molecular flexibility index (Phi) is 2.75. The summed E-state index contributed by atoms with van der Waals surface area (Å²) >= 11 is 0. The first-order chi connectivity index (χ1) is 9.13.